The number of piperidine rings is 1. The Morgan fingerprint density at radius 3 is 2.96 bits per heavy atom. The second-order valence-corrected chi connectivity index (χ2v) is 5.66. The number of hydrogen-bond acceptors (Lipinski definition) is 3. The maximum Gasteiger partial charge on any atom is 0.315 e. The summed E-state index contributed by atoms with van der Waals surface area (Å²) in [6, 6.07) is 6.14. The average Bonchev–Trinajstić information content (AvgIpc) is 2.52. The van der Waals surface area contributed by atoms with E-state index in [4.69, 9.17) is 5.11 Å². The normalized spacial score (nSPS) is 17.6. The summed E-state index contributed by atoms with van der Waals surface area (Å²) < 4.78 is 13.3. The van der Waals surface area contributed by atoms with Crippen LogP contribution < -0.4 is 15.5 Å². The van der Waals surface area contributed by atoms with E-state index in [1.807, 2.05) is 6.07 Å². The third kappa shape index (κ3) is 5.77. The molecule has 1 unspecified atom stereocenters. The topological polar surface area (TPSA) is 81.7 Å². The standard InChI is InChI=1S/C16H22FN3O3/c17-12-4-1-6-14(10-12)20-9-3-5-13(11-20)19-16(23)18-8-2-7-15(21)22/h1,4,6,10,13H,2-3,5,7-9,11H2,(H,21,22)(H2,18,19,23). The van der Waals surface area contributed by atoms with Gasteiger partial charge in [0.2, 0.25) is 0 Å². The summed E-state index contributed by atoms with van der Waals surface area (Å²) in [5.74, 6) is -1.14. The first-order chi connectivity index (χ1) is 11.0. The third-order valence-corrected chi connectivity index (χ3v) is 3.78. The van der Waals surface area contributed by atoms with Crippen molar-refractivity contribution >= 4 is 17.7 Å². The highest BCUT2D eigenvalue weighted by Gasteiger charge is 2.21. The molecule has 6 nitrogen and oxygen atoms in total. The summed E-state index contributed by atoms with van der Waals surface area (Å²) >= 11 is 0. The number of rotatable bonds is 6. The van der Waals surface area contributed by atoms with Gasteiger partial charge >= 0.3 is 12.0 Å². The van der Waals surface area contributed by atoms with Crippen molar-refractivity contribution in [3.63, 3.8) is 0 Å². The molecular weight excluding hydrogens is 301 g/mol. The first kappa shape index (κ1) is 17.1. The van der Waals surface area contributed by atoms with Crippen LogP contribution >= 0.6 is 0 Å². The molecule has 0 radical (unpaired) electrons. The van der Waals surface area contributed by atoms with Crippen LogP contribution in [0.25, 0.3) is 0 Å². The minimum absolute atomic E-state index is 0.00788. The van der Waals surface area contributed by atoms with E-state index in [-0.39, 0.29) is 24.3 Å². The lowest BCUT2D eigenvalue weighted by Gasteiger charge is -2.34. The third-order valence-electron chi connectivity index (χ3n) is 3.78. The monoisotopic (exact) mass is 323 g/mol. The van der Waals surface area contributed by atoms with Gasteiger partial charge < -0.3 is 20.6 Å². The van der Waals surface area contributed by atoms with E-state index in [0.29, 0.717) is 19.5 Å². The molecule has 1 aliphatic rings. The smallest absolute Gasteiger partial charge is 0.315 e. The maximum absolute atomic E-state index is 13.3. The first-order valence-electron chi connectivity index (χ1n) is 7.81. The number of aliphatic carboxylic acids is 1. The molecule has 1 aromatic rings. The van der Waals surface area contributed by atoms with Gasteiger partial charge in [0.05, 0.1) is 0 Å². The number of anilines is 1. The van der Waals surface area contributed by atoms with Gasteiger partial charge in [-0.1, -0.05) is 6.07 Å². The average molecular weight is 323 g/mol. The summed E-state index contributed by atoms with van der Waals surface area (Å²) in [7, 11) is 0. The van der Waals surface area contributed by atoms with Crippen molar-refractivity contribution < 1.29 is 19.1 Å². The number of carboxylic acid groups (broad SMARTS) is 1. The van der Waals surface area contributed by atoms with E-state index in [9.17, 15) is 14.0 Å². The van der Waals surface area contributed by atoms with Crippen LogP contribution in [0, 0.1) is 5.82 Å². The zero-order valence-corrected chi connectivity index (χ0v) is 12.9. The van der Waals surface area contributed by atoms with Crippen molar-refractivity contribution in [3.8, 4) is 0 Å². The van der Waals surface area contributed by atoms with E-state index >= 15 is 0 Å². The molecule has 3 N–H and O–H groups in total. The largest absolute Gasteiger partial charge is 0.481 e. The molecule has 23 heavy (non-hydrogen) atoms. The Labute approximate surface area is 134 Å². The van der Waals surface area contributed by atoms with Crippen LogP contribution in [0.3, 0.4) is 0 Å². The number of carbonyl (C=O) groups is 2. The summed E-state index contributed by atoms with van der Waals surface area (Å²) in [6.45, 7) is 1.80. The highest BCUT2D eigenvalue weighted by molar-refractivity contribution is 5.74. The van der Waals surface area contributed by atoms with E-state index in [1.165, 1.54) is 12.1 Å². The molecule has 2 rings (SSSR count). The Hall–Kier alpha value is -2.31. The molecule has 1 atom stereocenters. The fourth-order valence-corrected chi connectivity index (χ4v) is 2.68. The SMILES string of the molecule is O=C(O)CCCNC(=O)NC1CCCN(c2cccc(F)c2)C1. The first-order valence-corrected chi connectivity index (χ1v) is 7.81. The summed E-state index contributed by atoms with van der Waals surface area (Å²) in [5, 5.41) is 14.1. The lowest BCUT2D eigenvalue weighted by atomic mass is 10.0. The van der Waals surface area contributed by atoms with Gasteiger partial charge in [0.25, 0.3) is 0 Å². The fourth-order valence-electron chi connectivity index (χ4n) is 2.68. The van der Waals surface area contributed by atoms with Crippen LogP contribution in [-0.4, -0.2) is 42.8 Å². The zero-order chi connectivity index (χ0) is 16.7. The van der Waals surface area contributed by atoms with Crippen molar-refractivity contribution in [1.29, 1.82) is 0 Å². The van der Waals surface area contributed by atoms with Crippen LogP contribution in [0.1, 0.15) is 25.7 Å². The molecule has 1 fully saturated rings. The van der Waals surface area contributed by atoms with Crippen LogP contribution in [0.5, 0.6) is 0 Å². The Kier molecular flexibility index (Phi) is 6.19. The summed E-state index contributed by atoms with van der Waals surface area (Å²) in [6.07, 6.45) is 2.23. The van der Waals surface area contributed by atoms with E-state index < -0.39 is 5.97 Å². The second kappa shape index (κ2) is 8.36. The number of nitrogens with zero attached hydrogens (tertiary/aromatic N) is 1. The van der Waals surface area contributed by atoms with E-state index in [0.717, 1.165) is 25.1 Å². The maximum atomic E-state index is 13.3. The molecule has 0 aliphatic carbocycles. The van der Waals surface area contributed by atoms with Gasteiger partial charge in [-0.2, -0.15) is 0 Å². The number of halogens is 1. The highest BCUT2D eigenvalue weighted by Crippen LogP contribution is 2.20. The summed E-state index contributed by atoms with van der Waals surface area (Å²) in [4.78, 5) is 24.3. The van der Waals surface area contributed by atoms with Gasteiger partial charge in [0.1, 0.15) is 5.82 Å². The molecule has 0 aromatic heterocycles. The van der Waals surface area contributed by atoms with Crippen molar-refractivity contribution in [1.82, 2.24) is 10.6 Å². The quantitative estimate of drug-likeness (QED) is 0.699. The molecule has 2 amide bonds. The molecule has 0 spiro atoms. The van der Waals surface area contributed by atoms with Gasteiger partial charge in [0.15, 0.2) is 0 Å². The Balaban J connectivity index is 1.77. The van der Waals surface area contributed by atoms with E-state index in [1.54, 1.807) is 6.07 Å². The molecule has 0 bridgehead atoms. The molecule has 1 aliphatic heterocycles. The molecule has 126 valence electrons. The predicted molar refractivity (Wildman–Crippen MR) is 85.0 cm³/mol. The molecule has 1 aromatic carbocycles. The van der Waals surface area contributed by atoms with Crippen LogP contribution in [0.15, 0.2) is 24.3 Å². The van der Waals surface area contributed by atoms with Crippen LogP contribution in [-0.2, 0) is 4.79 Å². The minimum Gasteiger partial charge on any atom is -0.481 e. The molecule has 7 heteroatoms. The highest BCUT2D eigenvalue weighted by atomic mass is 19.1. The van der Waals surface area contributed by atoms with Gasteiger partial charge in [-0.15, -0.1) is 0 Å². The predicted octanol–water partition coefficient (Wildman–Crippen LogP) is 1.96. The lowest BCUT2D eigenvalue weighted by Crippen LogP contribution is -2.50. The summed E-state index contributed by atoms with van der Waals surface area (Å²) in [5.41, 5.74) is 0.818. The Morgan fingerprint density at radius 2 is 2.22 bits per heavy atom. The van der Waals surface area contributed by atoms with Crippen molar-refractivity contribution in [2.24, 2.45) is 0 Å². The molecule has 1 saturated heterocycles. The van der Waals surface area contributed by atoms with Gasteiger partial charge in [-0.3, -0.25) is 4.79 Å². The zero-order valence-electron chi connectivity index (χ0n) is 12.9. The second-order valence-electron chi connectivity index (χ2n) is 5.66. The van der Waals surface area contributed by atoms with E-state index in [2.05, 4.69) is 15.5 Å². The van der Waals surface area contributed by atoms with Gasteiger partial charge in [0, 0.05) is 37.8 Å². The molecule has 1 heterocycles. The van der Waals surface area contributed by atoms with Crippen LogP contribution in [0.4, 0.5) is 14.9 Å². The fraction of sp³-hybridized carbons (Fsp3) is 0.500. The molecular formula is C16H22FN3O3. The van der Waals surface area contributed by atoms with Crippen LogP contribution in [0.2, 0.25) is 0 Å². The number of carboxylic acids is 1. The lowest BCUT2D eigenvalue weighted by molar-refractivity contribution is -0.137. The number of hydrogen-bond donors (Lipinski definition) is 3. The van der Waals surface area contributed by atoms with Crippen molar-refractivity contribution in [2.75, 3.05) is 24.5 Å². The number of benzene rings is 1. The number of urea groups is 1. The minimum atomic E-state index is -0.870. The number of carbonyl (C=O) groups excluding carboxylic acids is 1. The van der Waals surface area contributed by atoms with Gasteiger partial charge in [-0.05, 0) is 37.5 Å². The number of nitrogens with one attached hydrogen (secondary N) is 2. The number of amides is 2. The Morgan fingerprint density at radius 1 is 1.39 bits per heavy atom. The van der Waals surface area contributed by atoms with Gasteiger partial charge in [-0.25, -0.2) is 9.18 Å². The van der Waals surface area contributed by atoms with Crippen molar-refractivity contribution in [3.05, 3.63) is 30.1 Å². The van der Waals surface area contributed by atoms with Crippen molar-refractivity contribution in [2.45, 2.75) is 31.7 Å². The molecule has 0 saturated carbocycles. The Bertz CT molecular complexity index is 553.